The second-order valence-corrected chi connectivity index (χ2v) is 5.72. The number of likely N-dealkylation sites (N-methyl/N-ethyl adjacent to an activating group) is 1. The summed E-state index contributed by atoms with van der Waals surface area (Å²) in [5, 5.41) is 3.80. The molecule has 1 heterocycles. The summed E-state index contributed by atoms with van der Waals surface area (Å²) in [6.45, 7) is 1.56. The van der Waals surface area contributed by atoms with Gasteiger partial charge in [-0.05, 0) is 38.2 Å². The molecule has 1 fully saturated rings. The molecular weight excluding hydrogens is 276 g/mol. The molecule has 110 valence electrons. The summed E-state index contributed by atoms with van der Waals surface area (Å²) in [7, 11) is 3.98. The lowest BCUT2D eigenvalue weighted by Crippen LogP contribution is -2.46. The predicted octanol–water partition coefficient (Wildman–Crippen LogP) is 0.925. The number of carbonyl (C=O) groups is 1. The van der Waals surface area contributed by atoms with Crippen LogP contribution in [0.2, 0.25) is 5.02 Å². The van der Waals surface area contributed by atoms with Crippen molar-refractivity contribution in [3.05, 3.63) is 34.9 Å². The number of amides is 1. The van der Waals surface area contributed by atoms with Gasteiger partial charge in [-0.2, -0.15) is 0 Å². The number of hydrazine groups is 1. The monoisotopic (exact) mass is 296 g/mol. The van der Waals surface area contributed by atoms with E-state index in [-0.39, 0.29) is 18.0 Å². The maximum absolute atomic E-state index is 12.2. The van der Waals surface area contributed by atoms with Gasteiger partial charge in [-0.1, -0.05) is 23.7 Å². The first-order valence-corrected chi connectivity index (χ1v) is 7.13. The van der Waals surface area contributed by atoms with Crippen molar-refractivity contribution in [3.63, 3.8) is 0 Å². The number of hydrogen-bond acceptors (Lipinski definition) is 4. The van der Waals surface area contributed by atoms with Crippen molar-refractivity contribution in [3.8, 4) is 0 Å². The Bertz CT molecular complexity index is 443. The molecule has 6 heteroatoms. The van der Waals surface area contributed by atoms with E-state index in [0.717, 1.165) is 25.1 Å². The fourth-order valence-electron chi connectivity index (χ4n) is 2.25. The summed E-state index contributed by atoms with van der Waals surface area (Å²) in [6, 6.07) is 7.40. The Kier molecular flexibility index (Phi) is 5.37. The van der Waals surface area contributed by atoms with Crippen molar-refractivity contribution in [2.45, 2.75) is 18.5 Å². The third kappa shape index (κ3) is 4.18. The minimum absolute atomic E-state index is 0.0248. The van der Waals surface area contributed by atoms with Crippen molar-refractivity contribution in [1.29, 1.82) is 0 Å². The zero-order valence-electron chi connectivity index (χ0n) is 11.8. The number of nitrogens with zero attached hydrogens (tertiary/aromatic N) is 1. The molecule has 2 rings (SSSR count). The van der Waals surface area contributed by atoms with Gasteiger partial charge in [0.05, 0.1) is 6.04 Å². The molecule has 0 bridgehead atoms. The molecule has 0 radical (unpaired) electrons. The zero-order valence-corrected chi connectivity index (χ0v) is 12.6. The molecule has 0 spiro atoms. The molecule has 1 aromatic carbocycles. The molecule has 5 nitrogen and oxygen atoms in total. The minimum Gasteiger partial charge on any atom is -0.347 e. The topological polar surface area (TPSA) is 56.4 Å². The Labute approximate surface area is 124 Å². The minimum atomic E-state index is -0.160. The molecule has 1 amide bonds. The van der Waals surface area contributed by atoms with E-state index in [0.29, 0.717) is 5.02 Å². The molecule has 0 aliphatic carbocycles. The Morgan fingerprint density at radius 1 is 1.45 bits per heavy atom. The van der Waals surface area contributed by atoms with Gasteiger partial charge in [0, 0.05) is 18.1 Å². The van der Waals surface area contributed by atoms with Gasteiger partial charge in [0.1, 0.15) is 6.04 Å². The molecule has 2 atom stereocenters. The highest BCUT2D eigenvalue weighted by Crippen LogP contribution is 2.17. The van der Waals surface area contributed by atoms with E-state index >= 15 is 0 Å². The third-order valence-electron chi connectivity index (χ3n) is 3.29. The number of rotatable bonds is 5. The second-order valence-electron chi connectivity index (χ2n) is 5.29. The first-order chi connectivity index (χ1) is 9.56. The maximum atomic E-state index is 12.2. The Morgan fingerprint density at radius 3 is 2.70 bits per heavy atom. The number of halogens is 1. The van der Waals surface area contributed by atoms with Crippen LogP contribution in [0.3, 0.4) is 0 Å². The van der Waals surface area contributed by atoms with Crippen molar-refractivity contribution in [2.75, 3.05) is 27.2 Å². The summed E-state index contributed by atoms with van der Waals surface area (Å²) >= 11 is 5.92. The number of benzene rings is 1. The van der Waals surface area contributed by atoms with Crippen LogP contribution in [-0.4, -0.2) is 44.0 Å². The molecule has 1 saturated heterocycles. The van der Waals surface area contributed by atoms with Crippen LogP contribution < -0.4 is 16.2 Å². The summed E-state index contributed by atoms with van der Waals surface area (Å²) in [6.07, 6.45) is 0.807. The normalized spacial score (nSPS) is 20.1. The van der Waals surface area contributed by atoms with E-state index < -0.39 is 0 Å². The van der Waals surface area contributed by atoms with Crippen LogP contribution in [0.15, 0.2) is 24.3 Å². The molecular formula is C14H21ClN4O. The van der Waals surface area contributed by atoms with Crippen molar-refractivity contribution < 1.29 is 4.79 Å². The van der Waals surface area contributed by atoms with Crippen LogP contribution in [0.5, 0.6) is 0 Å². The second kappa shape index (κ2) is 7.04. The Morgan fingerprint density at radius 2 is 2.15 bits per heavy atom. The van der Waals surface area contributed by atoms with E-state index in [1.54, 1.807) is 0 Å². The van der Waals surface area contributed by atoms with Crippen LogP contribution in [0.1, 0.15) is 18.0 Å². The highest BCUT2D eigenvalue weighted by molar-refractivity contribution is 6.30. The highest BCUT2D eigenvalue weighted by Gasteiger charge is 2.25. The van der Waals surface area contributed by atoms with E-state index in [1.165, 1.54) is 0 Å². The molecule has 0 saturated carbocycles. The third-order valence-corrected chi connectivity index (χ3v) is 3.54. The van der Waals surface area contributed by atoms with E-state index in [1.807, 2.05) is 38.4 Å². The summed E-state index contributed by atoms with van der Waals surface area (Å²) < 4.78 is 0. The summed E-state index contributed by atoms with van der Waals surface area (Å²) in [4.78, 5) is 14.3. The van der Waals surface area contributed by atoms with Crippen LogP contribution >= 0.6 is 11.6 Å². The van der Waals surface area contributed by atoms with E-state index in [9.17, 15) is 4.79 Å². The maximum Gasteiger partial charge on any atom is 0.239 e. The summed E-state index contributed by atoms with van der Waals surface area (Å²) in [5.41, 5.74) is 7.01. The first-order valence-electron chi connectivity index (χ1n) is 6.75. The number of carbonyl (C=O) groups excluding carboxylic acids is 1. The van der Waals surface area contributed by atoms with Crippen LogP contribution in [0.4, 0.5) is 0 Å². The SMILES string of the molecule is CN(C)CC(NC(=O)C1CCNN1)c1ccc(Cl)cc1. The van der Waals surface area contributed by atoms with Gasteiger partial charge in [0.25, 0.3) is 0 Å². The molecule has 0 aromatic heterocycles. The van der Waals surface area contributed by atoms with Gasteiger partial charge in [-0.3, -0.25) is 10.2 Å². The molecule has 2 unspecified atom stereocenters. The van der Waals surface area contributed by atoms with Gasteiger partial charge in [0.15, 0.2) is 0 Å². The molecule has 1 aromatic rings. The van der Waals surface area contributed by atoms with Crippen LogP contribution in [0, 0.1) is 0 Å². The average molecular weight is 297 g/mol. The fourth-order valence-corrected chi connectivity index (χ4v) is 2.37. The molecule has 1 aliphatic rings. The standard InChI is InChI=1S/C14H21ClN4O/c1-19(2)9-13(10-3-5-11(15)6-4-10)17-14(20)12-7-8-16-18-12/h3-6,12-13,16,18H,7-9H2,1-2H3,(H,17,20). The lowest BCUT2D eigenvalue weighted by Gasteiger charge is -2.24. The smallest absolute Gasteiger partial charge is 0.239 e. The van der Waals surface area contributed by atoms with E-state index in [4.69, 9.17) is 11.6 Å². The van der Waals surface area contributed by atoms with Gasteiger partial charge in [0.2, 0.25) is 5.91 Å². The molecule has 20 heavy (non-hydrogen) atoms. The Balaban J connectivity index is 2.06. The first kappa shape index (κ1) is 15.3. The van der Waals surface area contributed by atoms with Crippen molar-refractivity contribution in [2.24, 2.45) is 0 Å². The van der Waals surface area contributed by atoms with Gasteiger partial charge in [-0.25, -0.2) is 5.43 Å². The fraction of sp³-hybridized carbons (Fsp3) is 0.500. The van der Waals surface area contributed by atoms with Crippen molar-refractivity contribution in [1.82, 2.24) is 21.1 Å². The van der Waals surface area contributed by atoms with Crippen LogP contribution in [-0.2, 0) is 4.79 Å². The lowest BCUT2D eigenvalue weighted by atomic mass is 10.1. The number of hydrogen-bond donors (Lipinski definition) is 3. The molecule has 1 aliphatic heterocycles. The largest absolute Gasteiger partial charge is 0.347 e. The highest BCUT2D eigenvalue weighted by atomic mass is 35.5. The van der Waals surface area contributed by atoms with Crippen molar-refractivity contribution >= 4 is 17.5 Å². The molecule has 3 N–H and O–H groups in total. The van der Waals surface area contributed by atoms with Crippen LogP contribution in [0.25, 0.3) is 0 Å². The predicted molar refractivity (Wildman–Crippen MR) is 80.4 cm³/mol. The van der Waals surface area contributed by atoms with Gasteiger partial charge < -0.3 is 10.2 Å². The Hall–Kier alpha value is -1.14. The number of nitrogens with one attached hydrogen (secondary N) is 3. The van der Waals surface area contributed by atoms with E-state index in [2.05, 4.69) is 21.1 Å². The average Bonchev–Trinajstić information content (AvgIpc) is 2.92. The lowest BCUT2D eigenvalue weighted by molar-refractivity contribution is -0.123. The zero-order chi connectivity index (χ0) is 14.5. The quantitative estimate of drug-likeness (QED) is 0.756. The van der Waals surface area contributed by atoms with Gasteiger partial charge >= 0.3 is 0 Å². The summed E-state index contributed by atoms with van der Waals surface area (Å²) in [5.74, 6) is 0.0248. The van der Waals surface area contributed by atoms with Gasteiger partial charge in [-0.15, -0.1) is 0 Å².